The summed E-state index contributed by atoms with van der Waals surface area (Å²) in [6.07, 6.45) is 0.918. The first-order valence-corrected chi connectivity index (χ1v) is 9.49. The number of aryl methyl sites for hydroxylation is 3. The number of rotatable bonds is 4. The Hall–Kier alpha value is -2.33. The lowest BCUT2D eigenvalue weighted by Crippen LogP contribution is -2.49. The molecule has 1 N–H and O–H groups in total. The Bertz CT molecular complexity index is 764. The van der Waals surface area contributed by atoms with E-state index in [1.54, 1.807) is 0 Å². The molecular formula is C22H29N3O. The molecule has 1 aliphatic rings. The second-order valence-corrected chi connectivity index (χ2v) is 7.14. The van der Waals surface area contributed by atoms with E-state index in [1.165, 1.54) is 16.7 Å². The van der Waals surface area contributed by atoms with Crippen LogP contribution in [0.5, 0.6) is 0 Å². The fourth-order valence-corrected chi connectivity index (χ4v) is 3.57. The molecule has 2 amide bonds. The van der Waals surface area contributed by atoms with E-state index in [2.05, 4.69) is 67.4 Å². The predicted octanol–water partition coefficient (Wildman–Crippen LogP) is 4.22. The Morgan fingerprint density at radius 3 is 2.46 bits per heavy atom. The summed E-state index contributed by atoms with van der Waals surface area (Å²) in [6.45, 7) is 10.6. The third kappa shape index (κ3) is 4.44. The lowest BCUT2D eigenvalue weighted by atomic mass is 10.1. The van der Waals surface area contributed by atoms with Gasteiger partial charge in [-0.1, -0.05) is 55.0 Å². The van der Waals surface area contributed by atoms with E-state index in [-0.39, 0.29) is 6.03 Å². The number of carbonyl (C=O) groups is 1. The molecule has 0 aliphatic carbocycles. The van der Waals surface area contributed by atoms with Gasteiger partial charge in [0.15, 0.2) is 0 Å². The lowest BCUT2D eigenvalue weighted by molar-refractivity contribution is 0.143. The van der Waals surface area contributed by atoms with Crippen molar-refractivity contribution in [3.05, 3.63) is 64.7 Å². The predicted molar refractivity (Wildman–Crippen MR) is 108 cm³/mol. The number of para-hydroxylation sites is 1. The third-order valence-electron chi connectivity index (χ3n) is 5.12. The van der Waals surface area contributed by atoms with Crippen molar-refractivity contribution in [2.24, 2.45) is 0 Å². The van der Waals surface area contributed by atoms with Crippen LogP contribution in [-0.4, -0.2) is 42.0 Å². The van der Waals surface area contributed by atoms with Crippen molar-refractivity contribution < 1.29 is 4.79 Å². The van der Waals surface area contributed by atoms with Gasteiger partial charge in [0.1, 0.15) is 0 Å². The summed E-state index contributed by atoms with van der Waals surface area (Å²) in [5.41, 5.74) is 5.93. The van der Waals surface area contributed by atoms with Crippen molar-refractivity contribution >= 4 is 11.7 Å². The van der Waals surface area contributed by atoms with Crippen molar-refractivity contribution in [2.45, 2.75) is 33.7 Å². The van der Waals surface area contributed by atoms with Crippen LogP contribution < -0.4 is 5.32 Å². The van der Waals surface area contributed by atoms with Gasteiger partial charge < -0.3 is 10.2 Å². The van der Waals surface area contributed by atoms with Crippen LogP contribution in [0.3, 0.4) is 0 Å². The van der Waals surface area contributed by atoms with Crippen LogP contribution in [0.1, 0.15) is 29.2 Å². The molecule has 1 aliphatic heterocycles. The minimum absolute atomic E-state index is 0.0178. The Kier molecular flexibility index (Phi) is 5.94. The molecule has 1 heterocycles. The summed E-state index contributed by atoms with van der Waals surface area (Å²) in [4.78, 5) is 17.0. The highest BCUT2D eigenvalue weighted by molar-refractivity contribution is 5.91. The number of hydrogen-bond acceptors (Lipinski definition) is 2. The molecule has 0 saturated carbocycles. The first-order chi connectivity index (χ1) is 12.6. The molecule has 1 saturated heterocycles. The molecule has 138 valence electrons. The van der Waals surface area contributed by atoms with Crippen LogP contribution >= 0.6 is 0 Å². The highest BCUT2D eigenvalue weighted by Crippen LogP contribution is 2.22. The Balaban J connectivity index is 1.56. The van der Waals surface area contributed by atoms with Crippen LogP contribution in [0, 0.1) is 13.8 Å². The van der Waals surface area contributed by atoms with E-state index in [0.717, 1.165) is 50.4 Å². The maximum atomic E-state index is 12.7. The summed E-state index contributed by atoms with van der Waals surface area (Å²) in [7, 11) is 0. The van der Waals surface area contributed by atoms with E-state index in [4.69, 9.17) is 0 Å². The van der Waals surface area contributed by atoms with Crippen LogP contribution in [0.2, 0.25) is 0 Å². The van der Waals surface area contributed by atoms with Gasteiger partial charge in [-0.15, -0.1) is 0 Å². The van der Waals surface area contributed by atoms with Crippen LogP contribution in [0.15, 0.2) is 42.5 Å². The second-order valence-electron chi connectivity index (χ2n) is 7.14. The molecule has 2 aromatic carbocycles. The van der Waals surface area contributed by atoms with Gasteiger partial charge in [-0.2, -0.15) is 0 Å². The maximum absolute atomic E-state index is 12.7. The molecule has 0 bridgehead atoms. The topological polar surface area (TPSA) is 35.6 Å². The second kappa shape index (κ2) is 8.37. The molecule has 3 rings (SSSR count). The molecule has 0 unspecified atom stereocenters. The number of hydrogen-bond donors (Lipinski definition) is 1. The van der Waals surface area contributed by atoms with Gasteiger partial charge >= 0.3 is 6.03 Å². The van der Waals surface area contributed by atoms with Crippen molar-refractivity contribution in [1.82, 2.24) is 9.80 Å². The number of benzene rings is 2. The van der Waals surface area contributed by atoms with Gasteiger partial charge in [0.05, 0.1) is 0 Å². The third-order valence-corrected chi connectivity index (χ3v) is 5.12. The molecule has 0 atom stereocenters. The van der Waals surface area contributed by atoms with Crippen LogP contribution in [-0.2, 0) is 13.0 Å². The first-order valence-electron chi connectivity index (χ1n) is 9.49. The average molecular weight is 351 g/mol. The number of piperazine rings is 1. The number of nitrogens with one attached hydrogen (secondary N) is 1. The van der Waals surface area contributed by atoms with Gasteiger partial charge in [0.25, 0.3) is 0 Å². The molecule has 4 nitrogen and oxygen atoms in total. The van der Waals surface area contributed by atoms with E-state index >= 15 is 0 Å². The van der Waals surface area contributed by atoms with Gasteiger partial charge in [0, 0.05) is 38.4 Å². The standard InChI is InChI=1S/C22H29N3O/c1-4-20-10-6-8-18(3)21(20)23-22(26)25-13-11-24(12-14-25)16-19-9-5-7-17(2)15-19/h5-10,15H,4,11-14,16H2,1-3H3,(H,23,26). The first kappa shape index (κ1) is 18.5. The molecule has 1 fully saturated rings. The highest BCUT2D eigenvalue weighted by atomic mass is 16.2. The van der Waals surface area contributed by atoms with E-state index < -0.39 is 0 Å². The minimum atomic E-state index is 0.0178. The molecule has 0 aromatic heterocycles. The van der Waals surface area contributed by atoms with Gasteiger partial charge in [-0.25, -0.2) is 4.79 Å². The average Bonchev–Trinajstić information content (AvgIpc) is 2.64. The fourth-order valence-electron chi connectivity index (χ4n) is 3.57. The van der Waals surface area contributed by atoms with Crippen molar-refractivity contribution in [1.29, 1.82) is 0 Å². The number of urea groups is 1. The van der Waals surface area contributed by atoms with Gasteiger partial charge in [0.2, 0.25) is 0 Å². The molecule has 2 aromatic rings. The summed E-state index contributed by atoms with van der Waals surface area (Å²) >= 11 is 0. The van der Waals surface area contributed by atoms with Crippen molar-refractivity contribution in [2.75, 3.05) is 31.5 Å². The zero-order valence-electron chi connectivity index (χ0n) is 16.1. The number of nitrogens with zero attached hydrogens (tertiary/aromatic N) is 2. The van der Waals surface area contributed by atoms with Gasteiger partial charge in [-0.05, 0) is 37.0 Å². The monoisotopic (exact) mass is 351 g/mol. The van der Waals surface area contributed by atoms with E-state index in [0.29, 0.717) is 0 Å². The lowest BCUT2D eigenvalue weighted by Gasteiger charge is -2.35. The molecule has 26 heavy (non-hydrogen) atoms. The molecular weight excluding hydrogens is 322 g/mol. The van der Waals surface area contributed by atoms with E-state index in [9.17, 15) is 4.79 Å². The van der Waals surface area contributed by atoms with Gasteiger partial charge in [-0.3, -0.25) is 4.90 Å². The Labute approximate surface area is 156 Å². The number of amides is 2. The minimum Gasteiger partial charge on any atom is -0.322 e. The highest BCUT2D eigenvalue weighted by Gasteiger charge is 2.22. The smallest absolute Gasteiger partial charge is 0.321 e. The van der Waals surface area contributed by atoms with Crippen molar-refractivity contribution in [3.63, 3.8) is 0 Å². The summed E-state index contributed by atoms with van der Waals surface area (Å²) < 4.78 is 0. The maximum Gasteiger partial charge on any atom is 0.321 e. The zero-order chi connectivity index (χ0) is 18.5. The van der Waals surface area contributed by atoms with E-state index in [1.807, 2.05) is 11.0 Å². The zero-order valence-corrected chi connectivity index (χ0v) is 16.1. The Morgan fingerprint density at radius 2 is 1.77 bits per heavy atom. The summed E-state index contributed by atoms with van der Waals surface area (Å²) in [5.74, 6) is 0. The fraction of sp³-hybridized carbons (Fsp3) is 0.409. The number of anilines is 1. The number of carbonyl (C=O) groups excluding carboxylic acids is 1. The quantitative estimate of drug-likeness (QED) is 0.895. The van der Waals surface area contributed by atoms with Crippen LogP contribution in [0.25, 0.3) is 0 Å². The SMILES string of the molecule is CCc1cccc(C)c1NC(=O)N1CCN(Cc2cccc(C)c2)CC1. The molecule has 4 heteroatoms. The summed E-state index contributed by atoms with van der Waals surface area (Å²) in [6, 6.07) is 14.9. The molecule has 0 spiro atoms. The summed E-state index contributed by atoms with van der Waals surface area (Å²) in [5, 5.41) is 3.14. The van der Waals surface area contributed by atoms with Crippen molar-refractivity contribution in [3.8, 4) is 0 Å². The normalized spacial score (nSPS) is 15.1. The van der Waals surface area contributed by atoms with Crippen LogP contribution in [0.4, 0.5) is 10.5 Å². The Morgan fingerprint density at radius 1 is 1.04 bits per heavy atom. The largest absolute Gasteiger partial charge is 0.322 e. The molecule has 0 radical (unpaired) electrons.